The van der Waals surface area contributed by atoms with Gasteiger partial charge in [-0.3, -0.25) is 0 Å². The number of anilines is 2. The Morgan fingerprint density at radius 2 is 1.90 bits per heavy atom. The van der Waals surface area contributed by atoms with Gasteiger partial charge in [-0.05, 0) is 30.7 Å². The number of fused-ring (bicyclic) bond motifs is 1. The number of hydrogen-bond donors (Lipinski definition) is 1. The lowest BCUT2D eigenvalue weighted by Gasteiger charge is -2.07. The number of rotatable bonds is 3. The third-order valence-corrected chi connectivity index (χ3v) is 3.07. The van der Waals surface area contributed by atoms with Gasteiger partial charge in [0.15, 0.2) is 17.0 Å². The molecule has 0 fully saturated rings. The lowest BCUT2D eigenvalue weighted by atomic mass is 10.3. The largest absolute Gasteiger partial charge is 0.338 e. The van der Waals surface area contributed by atoms with Crippen LogP contribution in [-0.2, 0) is 6.54 Å². The molecule has 2 heterocycles. The van der Waals surface area contributed by atoms with E-state index in [-0.39, 0.29) is 11.0 Å². The lowest BCUT2D eigenvalue weighted by Crippen LogP contribution is -2.00. The van der Waals surface area contributed by atoms with Crippen molar-refractivity contribution in [2.24, 2.45) is 0 Å². The van der Waals surface area contributed by atoms with Crippen molar-refractivity contribution in [3.63, 3.8) is 0 Å². The van der Waals surface area contributed by atoms with Gasteiger partial charge in [0.1, 0.15) is 11.6 Å². The maximum Gasteiger partial charge on any atom is 0.226 e. The van der Waals surface area contributed by atoms with Crippen LogP contribution in [0.4, 0.5) is 20.3 Å². The second-order valence-corrected chi connectivity index (χ2v) is 4.67. The number of nitrogens with one attached hydrogen (secondary N) is 1. The van der Waals surface area contributed by atoms with Crippen molar-refractivity contribution in [2.45, 2.75) is 13.5 Å². The maximum absolute atomic E-state index is 13.2. The van der Waals surface area contributed by atoms with E-state index < -0.39 is 11.6 Å². The highest BCUT2D eigenvalue weighted by Gasteiger charge is 2.13. The summed E-state index contributed by atoms with van der Waals surface area (Å²) in [7, 11) is 0. The summed E-state index contributed by atoms with van der Waals surface area (Å²) in [6.45, 7) is 2.60. The first-order chi connectivity index (χ1) is 10.1. The molecule has 0 bridgehead atoms. The molecule has 3 rings (SSSR count). The van der Waals surface area contributed by atoms with Gasteiger partial charge < -0.3 is 9.88 Å². The summed E-state index contributed by atoms with van der Waals surface area (Å²) >= 11 is 5.89. The minimum Gasteiger partial charge on any atom is -0.338 e. The fourth-order valence-corrected chi connectivity index (χ4v) is 2.16. The molecule has 8 heteroatoms. The zero-order valence-electron chi connectivity index (χ0n) is 10.9. The van der Waals surface area contributed by atoms with Crippen LogP contribution in [0.5, 0.6) is 0 Å². The summed E-state index contributed by atoms with van der Waals surface area (Å²) in [6.07, 6.45) is 1.60. The van der Waals surface area contributed by atoms with E-state index >= 15 is 0 Å². The van der Waals surface area contributed by atoms with E-state index in [4.69, 9.17) is 11.6 Å². The van der Waals surface area contributed by atoms with Crippen LogP contribution in [0.25, 0.3) is 11.2 Å². The average Bonchev–Trinajstić information content (AvgIpc) is 2.80. The molecule has 0 aliphatic rings. The molecule has 0 aliphatic carbocycles. The highest BCUT2D eigenvalue weighted by molar-refractivity contribution is 6.28. The van der Waals surface area contributed by atoms with Gasteiger partial charge in [0.05, 0.1) is 6.33 Å². The molecule has 1 aromatic carbocycles. The zero-order chi connectivity index (χ0) is 15.0. The fourth-order valence-electron chi connectivity index (χ4n) is 2.00. The van der Waals surface area contributed by atoms with Gasteiger partial charge >= 0.3 is 0 Å². The minimum absolute atomic E-state index is 0.0251. The van der Waals surface area contributed by atoms with Crippen molar-refractivity contribution in [3.8, 4) is 0 Å². The summed E-state index contributed by atoms with van der Waals surface area (Å²) in [5.74, 6) is -1.08. The maximum atomic E-state index is 13.2. The van der Waals surface area contributed by atoms with Gasteiger partial charge in [-0.15, -0.1) is 0 Å². The number of halogens is 3. The van der Waals surface area contributed by atoms with E-state index in [1.54, 1.807) is 10.9 Å². The molecular formula is C13H10ClF2N5. The van der Waals surface area contributed by atoms with Gasteiger partial charge in [0.25, 0.3) is 0 Å². The summed E-state index contributed by atoms with van der Waals surface area (Å²) in [4.78, 5) is 12.3. The average molecular weight is 310 g/mol. The van der Waals surface area contributed by atoms with Crippen LogP contribution in [0.3, 0.4) is 0 Å². The Morgan fingerprint density at radius 3 is 2.57 bits per heavy atom. The zero-order valence-corrected chi connectivity index (χ0v) is 11.7. The van der Waals surface area contributed by atoms with E-state index in [1.165, 1.54) is 0 Å². The lowest BCUT2D eigenvalue weighted by molar-refractivity contribution is 0.584. The number of hydrogen-bond acceptors (Lipinski definition) is 4. The van der Waals surface area contributed by atoms with E-state index in [2.05, 4.69) is 20.3 Å². The highest BCUT2D eigenvalue weighted by Crippen LogP contribution is 2.25. The standard InChI is InChI=1S/C13H10ClF2N5/c1-2-21-6-17-10-11(19-13(14)20-12(10)21)18-9-4-7(15)3-8(16)5-9/h3-6H,2H2,1H3,(H,18,19,20). The fraction of sp³-hybridized carbons (Fsp3) is 0.154. The second kappa shape index (κ2) is 5.25. The Labute approximate surface area is 123 Å². The Bertz CT molecular complexity index is 797. The molecule has 0 amide bonds. The van der Waals surface area contributed by atoms with Crippen molar-refractivity contribution in [1.82, 2.24) is 19.5 Å². The summed E-state index contributed by atoms with van der Waals surface area (Å²) in [5.41, 5.74) is 1.25. The molecule has 3 aromatic rings. The minimum atomic E-state index is -0.687. The Kier molecular flexibility index (Phi) is 3.42. The van der Waals surface area contributed by atoms with Crippen LogP contribution in [0.2, 0.25) is 5.28 Å². The first-order valence-electron chi connectivity index (χ1n) is 6.18. The van der Waals surface area contributed by atoms with Crippen molar-refractivity contribution >= 4 is 34.3 Å². The molecule has 0 radical (unpaired) electrons. The van der Waals surface area contributed by atoms with Gasteiger partial charge in [-0.1, -0.05) is 0 Å². The Morgan fingerprint density at radius 1 is 1.19 bits per heavy atom. The topological polar surface area (TPSA) is 55.6 Å². The van der Waals surface area contributed by atoms with E-state index in [1.807, 2.05) is 6.92 Å². The van der Waals surface area contributed by atoms with E-state index in [9.17, 15) is 8.78 Å². The van der Waals surface area contributed by atoms with Crippen molar-refractivity contribution in [3.05, 3.63) is 41.4 Å². The van der Waals surface area contributed by atoms with Gasteiger partial charge in [0.2, 0.25) is 5.28 Å². The SMILES string of the molecule is CCn1cnc2c(Nc3cc(F)cc(F)c3)nc(Cl)nc21. The molecule has 1 N–H and O–H groups in total. The molecule has 2 aromatic heterocycles. The van der Waals surface area contributed by atoms with Crippen LogP contribution < -0.4 is 5.32 Å². The third kappa shape index (κ3) is 2.64. The smallest absolute Gasteiger partial charge is 0.226 e. The van der Waals surface area contributed by atoms with Crippen molar-refractivity contribution in [1.29, 1.82) is 0 Å². The van der Waals surface area contributed by atoms with Crippen LogP contribution in [-0.4, -0.2) is 19.5 Å². The van der Waals surface area contributed by atoms with Crippen molar-refractivity contribution < 1.29 is 8.78 Å². The second-order valence-electron chi connectivity index (χ2n) is 4.33. The van der Waals surface area contributed by atoms with Gasteiger partial charge in [-0.25, -0.2) is 13.8 Å². The van der Waals surface area contributed by atoms with Crippen LogP contribution in [0.15, 0.2) is 24.5 Å². The molecule has 0 aliphatic heterocycles. The molecule has 0 unspecified atom stereocenters. The summed E-state index contributed by atoms with van der Waals surface area (Å²) in [6, 6.07) is 3.10. The van der Waals surface area contributed by atoms with Gasteiger partial charge in [-0.2, -0.15) is 9.97 Å². The molecule has 0 atom stereocenters. The van der Waals surface area contributed by atoms with Gasteiger partial charge in [0, 0.05) is 18.3 Å². The first-order valence-corrected chi connectivity index (χ1v) is 6.56. The van der Waals surface area contributed by atoms with E-state index in [0.717, 1.165) is 18.2 Å². The summed E-state index contributed by atoms with van der Waals surface area (Å²) in [5, 5.41) is 2.84. The summed E-state index contributed by atoms with van der Waals surface area (Å²) < 4.78 is 28.2. The number of imidazole rings is 1. The van der Waals surface area contributed by atoms with Crippen LogP contribution in [0, 0.1) is 11.6 Å². The molecule has 0 saturated carbocycles. The molecule has 0 spiro atoms. The molecule has 0 saturated heterocycles. The number of aryl methyl sites for hydroxylation is 1. The van der Waals surface area contributed by atoms with Crippen molar-refractivity contribution in [2.75, 3.05) is 5.32 Å². The monoisotopic (exact) mass is 309 g/mol. The molecular weight excluding hydrogens is 300 g/mol. The predicted octanol–water partition coefficient (Wildman–Crippen LogP) is 3.52. The molecule has 21 heavy (non-hydrogen) atoms. The Balaban J connectivity index is 2.09. The first kappa shape index (κ1) is 13.7. The highest BCUT2D eigenvalue weighted by atomic mass is 35.5. The normalized spacial score (nSPS) is 11.0. The number of nitrogens with zero attached hydrogens (tertiary/aromatic N) is 4. The molecule has 108 valence electrons. The van der Waals surface area contributed by atoms with Crippen LogP contribution in [0.1, 0.15) is 6.92 Å². The third-order valence-electron chi connectivity index (χ3n) is 2.90. The van der Waals surface area contributed by atoms with Crippen LogP contribution >= 0.6 is 11.6 Å². The quantitative estimate of drug-likeness (QED) is 0.752. The molecule has 5 nitrogen and oxygen atoms in total. The predicted molar refractivity (Wildman–Crippen MR) is 75.6 cm³/mol. The van der Waals surface area contributed by atoms with E-state index in [0.29, 0.717) is 23.5 Å². The number of aromatic nitrogens is 4. The Hall–Kier alpha value is -2.28. The number of benzene rings is 1.